The van der Waals surface area contributed by atoms with Crippen molar-refractivity contribution >= 4 is 10.9 Å². The molecule has 1 aromatic carbocycles. The molecular formula is C17H12F4N3-. The molecule has 0 aliphatic carbocycles. The van der Waals surface area contributed by atoms with Gasteiger partial charge in [0.2, 0.25) is 0 Å². The second kappa shape index (κ2) is 5.83. The van der Waals surface area contributed by atoms with Crippen molar-refractivity contribution in [2.45, 2.75) is 19.1 Å². The molecule has 24 heavy (non-hydrogen) atoms. The highest BCUT2D eigenvalue weighted by Crippen LogP contribution is 2.40. The summed E-state index contributed by atoms with van der Waals surface area (Å²) >= 11 is 0. The first-order valence-electron chi connectivity index (χ1n) is 7.07. The minimum Gasteiger partial charge on any atom is -0.663 e. The van der Waals surface area contributed by atoms with E-state index >= 15 is 0 Å². The number of fused-ring (bicyclic) bond motifs is 1. The van der Waals surface area contributed by atoms with Crippen molar-refractivity contribution in [2.24, 2.45) is 0 Å². The Kier molecular flexibility index (Phi) is 3.96. The number of aromatic nitrogens is 2. The van der Waals surface area contributed by atoms with Crippen LogP contribution in [0.15, 0.2) is 42.7 Å². The number of nitrogens with one attached hydrogen (secondary N) is 1. The lowest BCUT2D eigenvalue weighted by Crippen LogP contribution is -2.18. The fourth-order valence-corrected chi connectivity index (χ4v) is 2.50. The zero-order chi connectivity index (χ0) is 17.5. The van der Waals surface area contributed by atoms with Crippen LogP contribution in [0.25, 0.3) is 27.9 Å². The predicted octanol–water partition coefficient (Wildman–Crippen LogP) is 5.40. The Morgan fingerprint density at radius 3 is 2.54 bits per heavy atom. The molecule has 2 aromatic heterocycles. The summed E-state index contributed by atoms with van der Waals surface area (Å²) < 4.78 is 53.0. The SMILES string of the molecule is Cc1c(F)ccc2cc([C@@H]([NH-])C(F)(F)F)c(-c3cccnc3)nc12. The molecule has 2 heterocycles. The first kappa shape index (κ1) is 16.3. The Labute approximate surface area is 135 Å². The third kappa shape index (κ3) is 2.82. The highest BCUT2D eigenvalue weighted by molar-refractivity contribution is 5.86. The van der Waals surface area contributed by atoms with Crippen molar-refractivity contribution in [2.75, 3.05) is 0 Å². The van der Waals surface area contributed by atoms with E-state index in [1.807, 2.05) is 0 Å². The number of hydrogen-bond acceptors (Lipinski definition) is 2. The van der Waals surface area contributed by atoms with E-state index in [9.17, 15) is 17.6 Å². The van der Waals surface area contributed by atoms with Crippen molar-refractivity contribution in [3.05, 3.63) is 65.4 Å². The summed E-state index contributed by atoms with van der Waals surface area (Å²) in [6, 6.07) is 4.47. The van der Waals surface area contributed by atoms with E-state index in [0.29, 0.717) is 10.9 Å². The highest BCUT2D eigenvalue weighted by Gasteiger charge is 2.34. The van der Waals surface area contributed by atoms with E-state index in [2.05, 4.69) is 9.97 Å². The monoisotopic (exact) mass is 334 g/mol. The van der Waals surface area contributed by atoms with Crippen LogP contribution in [0.3, 0.4) is 0 Å². The molecule has 3 nitrogen and oxygen atoms in total. The molecule has 0 unspecified atom stereocenters. The van der Waals surface area contributed by atoms with Gasteiger partial charge in [0.25, 0.3) is 0 Å². The number of aryl methyl sites for hydroxylation is 1. The summed E-state index contributed by atoms with van der Waals surface area (Å²) in [7, 11) is 0. The van der Waals surface area contributed by atoms with Crippen LogP contribution in [0, 0.1) is 12.7 Å². The van der Waals surface area contributed by atoms with E-state index < -0.39 is 18.0 Å². The fraction of sp³-hybridized carbons (Fsp3) is 0.176. The third-order valence-corrected chi connectivity index (χ3v) is 3.78. The van der Waals surface area contributed by atoms with Crippen LogP contribution in [-0.4, -0.2) is 16.1 Å². The fourth-order valence-electron chi connectivity index (χ4n) is 2.50. The summed E-state index contributed by atoms with van der Waals surface area (Å²) in [5.41, 5.74) is 8.14. The molecule has 0 aliphatic rings. The number of alkyl halides is 3. The first-order valence-corrected chi connectivity index (χ1v) is 7.07. The number of rotatable bonds is 2. The maximum Gasteiger partial charge on any atom is 0.377 e. The number of benzene rings is 1. The normalized spacial score (nSPS) is 13.2. The second-order valence-corrected chi connectivity index (χ2v) is 5.39. The average molecular weight is 334 g/mol. The molecule has 0 spiro atoms. The minimum absolute atomic E-state index is 0.0124. The van der Waals surface area contributed by atoms with Crippen LogP contribution in [0.4, 0.5) is 17.6 Å². The highest BCUT2D eigenvalue weighted by atomic mass is 19.4. The summed E-state index contributed by atoms with van der Waals surface area (Å²) in [4.78, 5) is 8.13. The molecule has 0 bridgehead atoms. The van der Waals surface area contributed by atoms with Crippen molar-refractivity contribution in [3.8, 4) is 11.3 Å². The average Bonchev–Trinajstić information content (AvgIpc) is 2.56. The number of hydrogen-bond donors (Lipinski definition) is 0. The Balaban J connectivity index is 2.34. The lowest BCUT2D eigenvalue weighted by molar-refractivity contribution is -0.139. The second-order valence-electron chi connectivity index (χ2n) is 5.39. The number of nitrogens with zero attached hydrogens (tertiary/aromatic N) is 2. The minimum atomic E-state index is -4.73. The van der Waals surface area contributed by atoms with E-state index in [4.69, 9.17) is 5.73 Å². The summed E-state index contributed by atoms with van der Waals surface area (Å²) in [6.45, 7) is 1.51. The molecule has 0 aliphatic heterocycles. The van der Waals surface area contributed by atoms with Gasteiger partial charge in [-0.2, -0.15) is 13.2 Å². The van der Waals surface area contributed by atoms with E-state index in [0.717, 1.165) is 0 Å². The molecule has 7 heteroatoms. The molecule has 0 saturated heterocycles. The summed E-state index contributed by atoms with van der Waals surface area (Å²) in [5, 5.41) is 0.359. The Hall–Kier alpha value is -2.54. The molecule has 0 radical (unpaired) electrons. The van der Waals surface area contributed by atoms with Crippen molar-refractivity contribution in [1.29, 1.82) is 0 Å². The standard InChI is InChI=1S/C17H12F4N3/c1-9-13(18)5-4-10-7-12(16(22)17(19,20)21)15(24-14(9)10)11-3-2-6-23-8-11/h2-8,16,22H,1H3/q-1/t16-/m1/s1. The van der Waals surface area contributed by atoms with Gasteiger partial charge in [0, 0.05) is 28.9 Å². The van der Waals surface area contributed by atoms with Gasteiger partial charge in [-0.25, -0.2) is 9.37 Å². The molecule has 124 valence electrons. The smallest absolute Gasteiger partial charge is 0.377 e. The van der Waals surface area contributed by atoms with Gasteiger partial charge in [-0.05, 0) is 48.9 Å². The number of pyridine rings is 2. The first-order chi connectivity index (χ1) is 11.3. The zero-order valence-corrected chi connectivity index (χ0v) is 12.5. The van der Waals surface area contributed by atoms with Gasteiger partial charge in [-0.15, -0.1) is 0 Å². The zero-order valence-electron chi connectivity index (χ0n) is 12.5. The quantitative estimate of drug-likeness (QED) is 0.589. The van der Waals surface area contributed by atoms with Gasteiger partial charge in [0.15, 0.2) is 0 Å². The molecule has 0 fully saturated rings. The van der Waals surface area contributed by atoms with Crippen LogP contribution < -0.4 is 0 Å². The van der Waals surface area contributed by atoms with Crippen LogP contribution in [0.2, 0.25) is 0 Å². The third-order valence-electron chi connectivity index (χ3n) is 3.78. The van der Waals surface area contributed by atoms with Gasteiger partial charge in [0.05, 0.1) is 11.2 Å². The topological polar surface area (TPSA) is 49.6 Å². The molecule has 0 saturated carbocycles. The predicted molar refractivity (Wildman–Crippen MR) is 82.8 cm³/mol. The van der Waals surface area contributed by atoms with Crippen molar-refractivity contribution in [3.63, 3.8) is 0 Å². The van der Waals surface area contributed by atoms with Gasteiger partial charge >= 0.3 is 6.18 Å². The lowest BCUT2D eigenvalue weighted by Gasteiger charge is -2.26. The maximum absolute atomic E-state index is 13.8. The molecule has 3 rings (SSSR count). The Morgan fingerprint density at radius 2 is 1.92 bits per heavy atom. The number of halogens is 4. The Morgan fingerprint density at radius 1 is 1.17 bits per heavy atom. The lowest BCUT2D eigenvalue weighted by atomic mass is 9.97. The molecule has 0 amide bonds. The van der Waals surface area contributed by atoms with Gasteiger partial charge in [-0.1, -0.05) is 0 Å². The van der Waals surface area contributed by atoms with Gasteiger partial charge in [-0.3, -0.25) is 4.98 Å². The van der Waals surface area contributed by atoms with E-state index in [-0.39, 0.29) is 22.3 Å². The molecular weight excluding hydrogens is 322 g/mol. The van der Waals surface area contributed by atoms with Crippen molar-refractivity contribution in [1.82, 2.24) is 9.97 Å². The summed E-state index contributed by atoms with van der Waals surface area (Å²) in [6.07, 6.45) is -1.88. The maximum atomic E-state index is 13.8. The van der Waals surface area contributed by atoms with Gasteiger partial charge in [0.1, 0.15) is 5.82 Å². The van der Waals surface area contributed by atoms with Gasteiger partial charge < -0.3 is 5.73 Å². The molecule has 1 atom stereocenters. The van der Waals surface area contributed by atoms with Crippen LogP contribution in [0.5, 0.6) is 0 Å². The molecule has 3 aromatic rings. The van der Waals surface area contributed by atoms with Crippen LogP contribution >= 0.6 is 0 Å². The Bertz CT molecular complexity index is 892. The summed E-state index contributed by atoms with van der Waals surface area (Å²) in [5.74, 6) is -0.488. The van der Waals surface area contributed by atoms with Crippen LogP contribution in [-0.2, 0) is 0 Å². The van der Waals surface area contributed by atoms with Crippen LogP contribution in [0.1, 0.15) is 17.2 Å². The van der Waals surface area contributed by atoms with E-state index in [1.54, 1.807) is 12.1 Å². The van der Waals surface area contributed by atoms with Crippen molar-refractivity contribution < 1.29 is 17.6 Å². The molecule has 1 N–H and O–H groups in total. The van der Waals surface area contributed by atoms with E-state index in [1.165, 1.54) is 37.5 Å². The largest absolute Gasteiger partial charge is 0.663 e.